The van der Waals surface area contributed by atoms with E-state index in [0.717, 1.165) is 11.1 Å². The highest BCUT2D eigenvalue weighted by molar-refractivity contribution is 7.08. The maximum absolute atomic E-state index is 13.4. The molecule has 5 heteroatoms. The fourth-order valence-corrected chi connectivity index (χ4v) is 2.54. The number of thiophene rings is 1. The Hall–Kier alpha value is -1.39. The molecule has 0 atom stereocenters. The molecular weight excluding hydrogens is 273 g/mol. The van der Waals surface area contributed by atoms with Crippen LogP contribution in [0.3, 0.4) is 0 Å². The van der Waals surface area contributed by atoms with Gasteiger partial charge >= 0.3 is 0 Å². The van der Waals surface area contributed by atoms with E-state index in [2.05, 4.69) is 5.32 Å². The van der Waals surface area contributed by atoms with E-state index in [9.17, 15) is 9.18 Å². The van der Waals surface area contributed by atoms with Crippen molar-refractivity contribution in [1.29, 1.82) is 0 Å². The van der Waals surface area contributed by atoms with Crippen molar-refractivity contribution in [2.24, 2.45) is 0 Å². The number of carbonyl (C=O) groups excluding carboxylic acids is 1. The third-order valence-electron chi connectivity index (χ3n) is 2.57. The zero-order chi connectivity index (χ0) is 13.1. The van der Waals surface area contributed by atoms with Gasteiger partial charge in [0.05, 0.1) is 5.56 Å². The Morgan fingerprint density at radius 2 is 2.22 bits per heavy atom. The lowest BCUT2D eigenvalue weighted by molar-refractivity contribution is 0.0947. The summed E-state index contributed by atoms with van der Waals surface area (Å²) in [6.45, 7) is 2.36. The molecule has 0 aliphatic carbocycles. The van der Waals surface area contributed by atoms with Crippen molar-refractivity contribution in [1.82, 2.24) is 5.32 Å². The maximum Gasteiger partial charge on any atom is 0.254 e. The summed E-state index contributed by atoms with van der Waals surface area (Å²) in [6, 6.07) is 3.93. The van der Waals surface area contributed by atoms with Gasteiger partial charge in [0.15, 0.2) is 0 Å². The molecule has 1 heterocycles. The highest BCUT2D eigenvalue weighted by atomic mass is 35.5. The van der Waals surface area contributed by atoms with Gasteiger partial charge in [0.2, 0.25) is 0 Å². The molecule has 0 fully saturated rings. The van der Waals surface area contributed by atoms with Crippen LogP contribution in [-0.2, 0) is 6.54 Å². The maximum atomic E-state index is 13.4. The molecule has 1 aromatic carbocycles. The predicted molar refractivity (Wildman–Crippen MR) is 71.6 cm³/mol. The molecule has 2 nitrogen and oxygen atoms in total. The van der Waals surface area contributed by atoms with Crippen molar-refractivity contribution >= 4 is 28.8 Å². The minimum atomic E-state index is -0.570. The third kappa shape index (κ3) is 2.89. The minimum absolute atomic E-state index is 0.0321. The number of aryl methyl sites for hydroxylation is 1. The third-order valence-corrected chi connectivity index (χ3v) is 3.72. The van der Waals surface area contributed by atoms with Crippen LogP contribution in [0.2, 0.25) is 5.02 Å². The summed E-state index contributed by atoms with van der Waals surface area (Å²) in [7, 11) is 0. The van der Waals surface area contributed by atoms with E-state index in [-0.39, 0.29) is 5.56 Å². The number of amides is 1. The highest BCUT2D eigenvalue weighted by Crippen LogP contribution is 2.16. The lowest BCUT2D eigenvalue weighted by Crippen LogP contribution is -2.23. The second-order valence-corrected chi connectivity index (χ2v) is 5.07. The summed E-state index contributed by atoms with van der Waals surface area (Å²) in [6.07, 6.45) is 0. The zero-order valence-electron chi connectivity index (χ0n) is 9.67. The summed E-state index contributed by atoms with van der Waals surface area (Å²) in [5.41, 5.74) is 2.12. The molecule has 0 bridgehead atoms. The van der Waals surface area contributed by atoms with Crippen molar-refractivity contribution in [3.8, 4) is 0 Å². The zero-order valence-corrected chi connectivity index (χ0v) is 11.2. The van der Waals surface area contributed by atoms with E-state index in [1.807, 2.05) is 17.7 Å². The van der Waals surface area contributed by atoms with Gasteiger partial charge in [-0.05, 0) is 47.0 Å². The average Bonchev–Trinajstić information content (AvgIpc) is 2.75. The SMILES string of the molecule is Cc1cscc1CNC(=O)c1cc(Cl)ccc1F. The number of benzene rings is 1. The molecule has 94 valence electrons. The number of hydrogen-bond donors (Lipinski definition) is 1. The van der Waals surface area contributed by atoms with Crippen LogP contribution in [0.25, 0.3) is 0 Å². The Bertz CT molecular complexity index is 582. The smallest absolute Gasteiger partial charge is 0.254 e. The van der Waals surface area contributed by atoms with Crippen molar-refractivity contribution in [3.63, 3.8) is 0 Å². The molecule has 2 aromatic rings. The van der Waals surface area contributed by atoms with Crippen molar-refractivity contribution < 1.29 is 9.18 Å². The van der Waals surface area contributed by atoms with Crippen molar-refractivity contribution in [2.75, 3.05) is 0 Å². The minimum Gasteiger partial charge on any atom is -0.348 e. The highest BCUT2D eigenvalue weighted by Gasteiger charge is 2.12. The molecular formula is C13H11ClFNOS. The predicted octanol–water partition coefficient (Wildman–Crippen LogP) is 3.78. The largest absolute Gasteiger partial charge is 0.348 e. The summed E-state index contributed by atoms with van der Waals surface area (Å²) in [5.74, 6) is -1.03. The lowest BCUT2D eigenvalue weighted by Gasteiger charge is -2.06. The van der Waals surface area contributed by atoms with Gasteiger partial charge in [-0.25, -0.2) is 4.39 Å². The van der Waals surface area contributed by atoms with E-state index in [1.165, 1.54) is 18.2 Å². The Kier molecular flexibility index (Phi) is 3.99. The van der Waals surface area contributed by atoms with E-state index in [0.29, 0.717) is 11.6 Å². The molecule has 0 aliphatic rings. The lowest BCUT2D eigenvalue weighted by atomic mass is 10.2. The van der Waals surface area contributed by atoms with E-state index < -0.39 is 11.7 Å². The van der Waals surface area contributed by atoms with Gasteiger partial charge in [0.1, 0.15) is 5.82 Å². The molecule has 0 spiro atoms. The fourth-order valence-electron chi connectivity index (χ4n) is 1.51. The van der Waals surface area contributed by atoms with Crippen LogP contribution in [-0.4, -0.2) is 5.91 Å². The van der Waals surface area contributed by atoms with Crippen LogP contribution in [0.5, 0.6) is 0 Å². The standard InChI is InChI=1S/C13H11ClFNOS/c1-8-6-18-7-9(8)5-16-13(17)11-4-10(14)2-3-12(11)15/h2-4,6-7H,5H2,1H3,(H,16,17). The quantitative estimate of drug-likeness (QED) is 0.912. The van der Waals surface area contributed by atoms with Gasteiger partial charge in [-0.2, -0.15) is 11.3 Å². The summed E-state index contributed by atoms with van der Waals surface area (Å²) >= 11 is 7.31. The van der Waals surface area contributed by atoms with Crippen molar-refractivity contribution in [2.45, 2.75) is 13.5 Å². The first-order valence-corrected chi connectivity index (χ1v) is 6.65. The topological polar surface area (TPSA) is 29.1 Å². The van der Waals surface area contributed by atoms with Crippen LogP contribution < -0.4 is 5.32 Å². The van der Waals surface area contributed by atoms with Gasteiger partial charge in [0.25, 0.3) is 5.91 Å². The summed E-state index contributed by atoms with van der Waals surface area (Å²) < 4.78 is 13.4. The molecule has 0 unspecified atom stereocenters. The Labute approximate surface area is 113 Å². The van der Waals surface area contributed by atoms with Crippen LogP contribution in [0.1, 0.15) is 21.5 Å². The molecule has 1 N–H and O–H groups in total. The number of halogens is 2. The Morgan fingerprint density at radius 3 is 2.89 bits per heavy atom. The number of rotatable bonds is 3. The molecule has 1 aromatic heterocycles. The summed E-state index contributed by atoms with van der Waals surface area (Å²) in [4.78, 5) is 11.8. The monoisotopic (exact) mass is 283 g/mol. The van der Waals surface area contributed by atoms with Crippen LogP contribution in [0, 0.1) is 12.7 Å². The molecule has 0 aliphatic heterocycles. The second-order valence-electron chi connectivity index (χ2n) is 3.89. The average molecular weight is 284 g/mol. The van der Waals surface area contributed by atoms with E-state index in [4.69, 9.17) is 11.6 Å². The molecule has 0 saturated heterocycles. The van der Waals surface area contributed by atoms with Gasteiger partial charge in [0, 0.05) is 11.6 Å². The Morgan fingerprint density at radius 1 is 1.44 bits per heavy atom. The molecule has 1 amide bonds. The first-order valence-electron chi connectivity index (χ1n) is 5.33. The van der Waals surface area contributed by atoms with Crippen molar-refractivity contribution in [3.05, 3.63) is 56.5 Å². The second kappa shape index (κ2) is 5.50. The molecule has 18 heavy (non-hydrogen) atoms. The fraction of sp³-hybridized carbons (Fsp3) is 0.154. The molecule has 2 rings (SSSR count). The van der Waals surface area contributed by atoms with E-state index >= 15 is 0 Å². The van der Waals surface area contributed by atoms with E-state index in [1.54, 1.807) is 11.3 Å². The van der Waals surface area contributed by atoms with Gasteiger partial charge in [-0.3, -0.25) is 4.79 Å². The van der Waals surface area contributed by atoms with Crippen LogP contribution in [0.15, 0.2) is 29.0 Å². The van der Waals surface area contributed by atoms with Crippen LogP contribution in [0.4, 0.5) is 4.39 Å². The number of nitrogens with one attached hydrogen (secondary N) is 1. The van der Waals surface area contributed by atoms with Gasteiger partial charge in [-0.15, -0.1) is 0 Å². The Balaban J connectivity index is 2.08. The van der Waals surface area contributed by atoms with Gasteiger partial charge < -0.3 is 5.32 Å². The normalized spacial score (nSPS) is 10.4. The van der Waals surface area contributed by atoms with Crippen LogP contribution >= 0.6 is 22.9 Å². The first-order chi connectivity index (χ1) is 8.58. The number of hydrogen-bond acceptors (Lipinski definition) is 2. The first kappa shape index (κ1) is 13.1. The molecule has 0 radical (unpaired) electrons. The molecule has 0 saturated carbocycles. The number of carbonyl (C=O) groups is 1. The summed E-state index contributed by atoms with van der Waals surface area (Å²) in [5, 5.41) is 6.98. The van der Waals surface area contributed by atoms with Gasteiger partial charge in [-0.1, -0.05) is 11.6 Å².